The molecule has 2 heterocycles. The Balaban J connectivity index is 0.000000325. The second-order valence-electron chi connectivity index (χ2n) is 7.02. The first-order valence-electron chi connectivity index (χ1n) is 9.74. The number of thioether (sulfide) groups is 1. The van der Waals surface area contributed by atoms with Crippen LogP contribution < -0.4 is 0 Å². The van der Waals surface area contributed by atoms with Gasteiger partial charge in [-0.05, 0) is 32.4 Å². The van der Waals surface area contributed by atoms with Crippen LogP contribution in [-0.2, 0) is 19.1 Å². The number of allylic oxidation sites excluding steroid dienone is 1. The molecular formula is C20H31F3N2O4S. The lowest BCUT2D eigenvalue weighted by Gasteiger charge is -2.33. The van der Waals surface area contributed by atoms with Gasteiger partial charge in [0.05, 0.1) is 44.9 Å². The predicted octanol–water partition coefficient (Wildman–Crippen LogP) is 2.55. The fraction of sp³-hybridized carbons (Fsp3) is 0.700. The maximum atomic E-state index is 12.2. The number of likely N-dealkylation sites (N-methyl/N-ethyl adjacent to an activating group) is 1. The summed E-state index contributed by atoms with van der Waals surface area (Å²) in [6, 6.07) is 0.0137. The third-order valence-electron chi connectivity index (χ3n) is 4.61. The Morgan fingerprint density at radius 2 is 1.67 bits per heavy atom. The molecule has 0 radical (unpaired) electrons. The van der Waals surface area contributed by atoms with Gasteiger partial charge in [-0.25, -0.2) is 0 Å². The number of ketones is 1. The van der Waals surface area contributed by atoms with Crippen molar-refractivity contribution in [2.24, 2.45) is 0 Å². The lowest BCUT2D eigenvalue weighted by atomic mass is 10.2. The molecule has 30 heavy (non-hydrogen) atoms. The average Bonchev–Trinajstić information content (AvgIpc) is 2.70. The Kier molecular flexibility index (Phi) is 12.5. The quantitative estimate of drug-likeness (QED) is 0.574. The third-order valence-corrected chi connectivity index (χ3v) is 5.15. The first-order valence-corrected chi connectivity index (χ1v) is 11.0. The highest BCUT2D eigenvalue weighted by atomic mass is 32.2. The van der Waals surface area contributed by atoms with Gasteiger partial charge in [0.1, 0.15) is 0 Å². The second kappa shape index (κ2) is 14.0. The molecule has 2 rings (SSSR count). The molecule has 0 bridgehead atoms. The first kappa shape index (κ1) is 26.8. The minimum Gasteiger partial charge on any atom is -0.378 e. The normalized spacial score (nSPS) is 24.1. The molecule has 2 unspecified atom stereocenters. The van der Waals surface area contributed by atoms with Gasteiger partial charge in [-0.15, -0.1) is 0 Å². The van der Waals surface area contributed by atoms with E-state index in [0.717, 1.165) is 24.9 Å². The number of carbonyl (C=O) groups excluding carboxylic acids is 2. The molecule has 10 heteroatoms. The third kappa shape index (κ3) is 11.8. The van der Waals surface area contributed by atoms with Crippen LogP contribution in [0.1, 0.15) is 13.3 Å². The summed E-state index contributed by atoms with van der Waals surface area (Å²) in [4.78, 5) is 25.6. The molecule has 0 aromatic rings. The summed E-state index contributed by atoms with van der Waals surface area (Å²) in [6.07, 6.45) is 3.19. The largest absolute Gasteiger partial charge is 0.390 e. The summed E-state index contributed by atoms with van der Waals surface area (Å²) in [5, 5.41) is -0.114. The molecule has 6 nitrogen and oxygen atoms in total. The van der Waals surface area contributed by atoms with E-state index < -0.39 is 12.6 Å². The topological polar surface area (TPSA) is 59.1 Å². The van der Waals surface area contributed by atoms with Crippen molar-refractivity contribution in [2.45, 2.75) is 31.6 Å². The average molecular weight is 453 g/mol. The zero-order valence-electron chi connectivity index (χ0n) is 17.7. The maximum Gasteiger partial charge on any atom is 0.390 e. The maximum absolute atomic E-state index is 12.2. The number of alkyl halides is 3. The minimum absolute atomic E-state index is 0.0602. The highest BCUT2D eigenvalue weighted by Crippen LogP contribution is 2.21. The van der Waals surface area contributed by atoms with Gasteiger partial charge in [0.2, 0.25) is 5.12 Å². The van der Waals surface area contributed by atoms with Gasteiger partial charge in [-0.3, -0.25) is 19.4 Å². The Hall–Kier alpha value is -1.20. The highest BCUT2D eigenvalue weighted by Gasteiger charge is 2.30. The summed E-state index contributed by atoms with van der Waals surface area (Å²) >= 11 is 1.07. The van der Waals surface area contributed by atoms with Crippen LogP contribution in [0.2, 0.25) is 0 Å². The van der Waals surface area contributed by atoms with Crippen molar-refractivity contribution < 1.29 is 32.2 Å². The highest BCUT2D eigenvalue weighted by molar-refractivity contribution is 8.13. The van der Waals surface area contributed by atoms with E-state index in [1.807, 2.05) is 13.1 Å². The van der Waals surface area contributed by atoms with Crippen LogP contribution in [0.25, 0.3) is 0 Å². The molecule has 172 valence electrons. The van der Waals surface area contributed by atoms with Gasteiger partial charge in [0.25, 0.3) is 0 Å². The molecule has 0 saturated carbocycles. The number of halogens is 3. The van der Waals surface area contributed by atoms with E-state index in [1.165, 1.54) is 6.08 Å². The Morgan fingerprint density at radius 3 is 2.23 bits per heavy atom. The number of ether oxygens (including phenoxy) is 2. The number of nitrogens with zero attached hydrogens (tertiary/aromatic N) is 2. The van der Waals surface area contributed by atoms with Crippen LogP contribution in [0.4, 0.5) is 13.2 Å². The van der Waals surface area contributed by atoms with Crippen molar-refractivity contribution in [2.75, 3.05) is 59.4 Å². The van der Waals surface area contributed by atoms with Crippen molar-refractivity contribution in [1.82, 2.24) is 9.80 Å². The Morgan fingerprint density at radius 1 is 1.07 bits per heavy atom. The van der Waals surface area contributed by atoms with Gasteiger partial charge in [-0.2, -0.15) is 13.2 Å². The van der Waals surface area contributed by atoms with Crippen LogP contribution in [0, 0.1) is 0 Å². The molecule has 0 aromatic heterocycles. The molecule has 2 fully saturated rings. The fourth-order valence-electron chi connectivity index (χ4n) is 2.79. The van der Waals surface area contributed by atoms with Gasteiger partial charge >= 0.3 is 6.18 Å². The lowest BCUT2D eigenvalue weighted by Crippen LogP contribution is -2.45. The predicted molar refractivity (Wildman–Crippen MR) is 112 cm³/mol. The van der Waals surface area contributed by atoms with Gasteiger partial charge in [0.15, 0.2) is 5.78 Å². The van der Waals surface area contributed by atoms with Crippen molar-refractivity contribution in [1.29, 1.82) is 0 Å². The molecule has 0 amide bonds. The molecule has 2 aliphatic rings. The summed E-state index contributed by atoms with van der Waals surface area (Å²) in [6.45, 7) is 5.14. The first-order chi connectivity index (χ1) is 14.1. The van der Waals surface area contributed by atoms with Crippen molar-refractivity contribution in [3.05, 3.63) is 24.3 Å². The fourth-order valence-corrected chi connectivity index (χ4v) is 3.01. The number of morpholine rings is 2. The van der Waals surface area contributed by atoms with Crippen molar-refractivity contribution in [3.63, 3.8) is 0 Å². The second-order valence-corrected chi connectivity index (χ2v) is 7.83. The molecule has 0 spiro atoms. The van der Waals surface area contributed by atoms with Gasteiger partial charge in [0, 0.05) is 19.6 Å². The smallest absolute Gasteiger partial charge is 0.378 e. The summed E-state index contributed by atoms with van der Waals surface area (Å²) in [5.41, 5.74) is 0. The van der Waals surface area contributed by atoms with E-state index in [2.05, 4.69) is 4.90 Å². The van der Waals surface area contributed by atoms with Crippen LogP contribution >= 0.6 is 11.8 Å². The van der Waals surface area contributed by atoms with E-state index in [-0.39, 0.29) is 29.5 Å². The number of hydrogen-bond donors (Lipinski definition) is 0. The number of hydrogen-bond acceptors (Lipinski definition) is 7. The zero-order chi connectivity index (χ0) is 22.6. The van der Waals surface area contributed by atoms with Crippen molar-refractivity contribution >= 4 is 22.7 Å². The standard InChI is InChI=1S/C11H16F3NO2S.C9H15NO2/c1-18-10(16)3-2-9-8-17-7-6-15(9)5-4-11(12,13)14;1-8(11)3-4-9-7-12-6-5-10(9)2/h2-3,9H,4-8H2,1H3;3-4,9H,5-7H2,1-2H3/b3-2+;4-3+. The van der Waals surface area contributed by atoms with Crippen LogP contribution in [0.5, 0.6) is 0 Å². The molecule has 0 aromatic carbocycles. The summed E-state index contributed by atoms with van der Waals surface area (Å²) in [5.74, 6) is 0.0916. The van der Waals surface area contributed by atoms with E-state index in [9.17, 15) is 22.8 Å². The Bertz CT molecular complexity index is 599. The molecule has 2 atom stereocenters. The van der Waals surface area contributed by atoms with Crippen LogP contribution in [0.15, 0.2) is 24.3 Å². The molecular weight excluding hydrogens is 421 g/mol. The Labute approximate surface area is 180 Å². The van der Waals surface area contributed by atoms with Gasteiger partial charge in [-0.1, -0.05) is 23.9 Å². The van der Waals surface area contributed by atoms with Crippen LogP contribution in [-0.4, -0.2) is 98.3 Å². The molecule has 0 N–H and O–H groups in total. The van der Waals surface area contributed by atoms with Gasteiger partial charge < -0.3 is 9.47 Å². The number of rotatable bonds is 6. The van der Waals surface area contributed by atoms with E-state index >= 15 is 0 Å². The van der Waals surface area contributed by atoms with Crippen molar-refractivity contribution in [3.8, 4) is 0 Å². The van der Waals surface area contributed by atoms with E-state index in [4.69, 9.17) is 9.47 Å². The van der Waals surface area contributed by atoms with E-state index in [0.29, 0.717) is 26.4 Å². The van der Waals surface area contributed by atoms with Crippen LogP contribution in [0.3, 0.4) is 0 Å². The summed E-state index contributed by atoms with van der Waals surface area (Å²) < 4.78 is 47.0. The molecule has 2 aliphatic heterocycles. The van der Waals surface area contributed by atoms with E-state index in [1.54, 1.807) is 30.2 Å². The zero-order valence-corrected chi connectivity index (χ0v) is 18.5. The number of carbonyl (C=O) groups is 2. The minimum atomic E-state index is -4.15. The monoisotopic (exact) mass is 452 g/mol. The molecule has 2 saturated heterocycles. The summed E-state index contributed by atoms with van der Waals surface area (Å²) in [7, 11) is 2.04. The molecule has 0 aliphatic carbocycles. The SMILES string of the molecule is CC(=O)/C=C/C1COCCN1C.CSC(=O)/C=C/C1COCCN1CCC(F)(F)F. The lowest BCUT2D eigenvalue weighted by molar-refractivity contribution is -0.141.